The average molecular weight is 393 g/mol. The largest absolute Gasteiger partial charge is 0.426 e. The van der Waals surface area contributed by atoms with E-state index in [0.717, 1.165) is 0 Å². The lowest BCUT2D eigenvalue weighted by Crippen LogP contribution is -2.24. The smallest absolute Gasteiger partial charge is 0.308 e. The molecule has 1 amide bonds. The summed E-state index contributed by atoms with van der Waals surface area (Å²) in [6.07, 6.45) is 0. The van der Waals surface area contributed by atoms with E-state index in [9.17, 15) is 19.2 Å². The first kappa shape index (κ1) is 16.1. The second-order valence-electron chi connectivity index (χ2n) is 4.97. The highest BCUT2D eigenvalue weighted by Crippen LogP contribution is 2.39. The van der Waals surface area contributed by atoms with Gasteiger partial charge in [-0.25, -0.2) is 0 Å². The Bertz CT molecular complexity index is 930. The van der Waals surface area contributed by atoms with Crippen LogP contribution in [0.4, 0.5) is 5.69 Å². The molecule has 1 aromatic heterocycles. The fourth-order valence-electron chi connectivity index (χ4n) is 2.44. The molecular weight excluding hydrogens is 384 g/mol. The van der Waals surface area contributed by atoms with Crippen LogP contribution in [0.2, 0.25) is 0 Å². The molecule has 0 unspecified atom stereocenters. The SMILES string of the molecule is CC(=O)Nc1ccc(OC(C)=O)c2c1C(=O)c1onc(Br)c1C2=O. The summed E-state index contributed by atoms with van der Waals surface area (Å²) in [5.41, 5.74) is -0.172. The highest BCUT2D eigenvalue weighted by molar-refractivity contribution is 9.10. The summed E-state index contributed by atoms with van der Waals surface area (Å²) in [5, 5.41) is 6.04. The van der Waals surface area contributed by atoms with Gasteiger partial charge in [0.25, 0.3) is 0 Å². The number of anilines is 1. The van der Waals surface area contributed by atoms with E-state index in [4.69, 9.17) is 9.26 Å². The van der Waals surface area contributed by atoms with E-state index in [-0.39, 0.29) is 38.5 Å². The maximum Gasteiger partial charge on any atom is 0.308 e. The summed E-state index contributed by atoms with van der Waals surface area (Å²) in [6, 6.07) is 2.71. The number of carbonyl (C=O) groups excluding carboxylic acids is 4. The number of halogens is 1. The Kier molecular flexibility index (Phi) is 3.80. The Morgan fingerprint density at radius 1 is 1.12 bits per heavy atom. The van der Waals surface area contributed by atoms with Gasteiger partial charge in [-0.15, -0.1) is 0 Å². The summed E-state index contributed by atoms with van der Waals surface area (Å²) in [4.78, 5) is 48.1. The minimum atomic E-state index is -0.653. The number of amides is 1. The first-order chi connectivity index (χ1) is 11.3. The van der Waals surface area contributed by atoms with Crippen LogP contribution in [0.5, 0.6) is 5.75 Å². The van der Waals surface area contributed by atoms with Crippen LogP contribution in [-0.2, 0) is 9.59 Å². The van der Waals surface area contributed by atoms with Crippen molar-refractivity contribution in [1.29, 1.82) is 0 Å². The molecule has 0 radical (unpaired) electrons. The molecule has 9 heteroatoms. The Morgan fingerprint density at radius 3 is 2.46 bits per heavy atom. The Balaban J connectivity index is 2.30. The van der Waals surface area contributed by atoms with Crippen molar-refractivity contribution in [2.75, 3.05) is 5.32 Å². The molecule has 0 spiro atoms. The van der Waals surface area contributed by atoms with Gasteiger partial charge < -0.3 is 14.6 Å². The Hall–Kier alpha value is -2.81. The molecule has 8 nitrogen and oxygen atoms in total. The molecular formula is C15H9BrN2O6. The first-order valence-electron chi connectivity index (χ1n) is 6.68. The number of carbonyl (C=O) groups is 4. The van der Waals surface area contributed by atoms with Crippen molar-refractivity contribution in [1.82, 2.24) is 5.16 Å². The molecule has 0 atom stereocenters. The number of ketones is 2. The maximum atomic E-state index is 12.8. The van der Waals surface area contributed by atoms with Crippen LogP contribution < -0.4 is 10.1 Å². The van der Waals surface area contributed by atoms with Crippen LogP contribution in [0.1, 0.15) is 45.9 Å². The number of ether oxygens (including phenoxy) is 1. The highest BCUT2D eigenvalue weighted by atomic mass is 79.9. The van der Waals surface area contributed by atoms with Gasteiger partial charge in [-0.3, -0.25) is 19.2 Å². The van der Waals surface area contributed by atoms with Gasteiger partial charge in [0.15, 0.2) is 4.60 Å². The van der Waals surface area contributed by atoms with Crippen LogP contribution in [-0.4, -0.2) is 28.6 Å². The third kappa shape index (κ3) is 2.42. The summed E-state index contributed by atoms with van der Waals surface area (Å²) < 4.78 is 10.0. The van der Waals surface area contributed by atoms with Crippen molar-refractivity contribution in [3.05, 3.63) is 39.2 Å². The Labute approximate surface area is 143 Å². The summed E-state index contributed by atoms with van der Waals surface area (Å²) in [6.45, 7) is 2.43. The van der Waals surface area contributed by atoms with Crippen molar-refractivity contribution in [3.63, 3.8) is 0 Å². The number of esters is 1. The van der Waals surface area contributed by atoms with Gasteiger partial charge >= 0.3 is 5.97 Å². The number of hydrogen-bond acceptors (Lipinski definition) is 7. The fourth-order valence-corrected chi connectivity index (χ4v) is 2.87. The molecule has 0 aliphatic heterocycles. The van der Waals surface area contributed by atoms with Crippen molar-refractivity contribution in [2.24, 2.45) is 0 Å². The minimum Gasteiger partial charge on any atom is -0.426 e. The molecule has 3 rings (SSSR count). The minimum absolute atomic E-state index is 0.0547. The van der Waals surface area contributed by atoms with Gasteiger partial charge in [-0.2, -0.15) is 0 Å². The van der Waals surface area contributed by atoms with E-state index >= 15 is 0 Å². The fraction of sp³-hybridized carbons (Fsp3) is 0.133. The van der Waals surface area contributed by atoms with Gasteiger partial charge in [0.2, 0.25) is 23.2 Å². The lowest BCUT2D eigenvalue weighted by molar-refractivity contribution is -0.131. The van der Waals surface area contributed by atoms with Gasteiger partial charge in [-0.05, 0) is 28.1 Å². The second-order valence-corrected chi connectivity index (χ2v) is 5.72. The van der Waals surface area contributed by atoms with E-state index < -0.39 is 23.4 Å². The van der Waals surface area contributed by atoms with E-state index in [2.05, 4.69) is 26.4 Å². The molecule has 2 aromatic rings. The van der Waals surface area contributed by atoms with Gasteiger partial charge in [0.05, 0.1) is 16.8 Å². The summed E-state index contributed by atoms with van der Waals surface area (Å²) >= 11 is 3.05. The van der Waals surface area contributed by atoms with Gasteiger partial charge in [0, 0.05) is 13.8 Å². The standard InChI is InChI=1S/C15H9BrN2O6/c1-5(19)17-7-3-4-8(23-6(2)20)10-9(7)13(22)14-11(12(10)21)15(16)18-24-14/h3-4H,1-2H3,(H,17,19). The number of nitrogens with one attached hydrogen (secondary N) is 1. The first-order valence-corrected chi connectivity index (χ1v) is 7.48. The third-order valence-electron chi connectivity index (χ3n) is 3.27. The van der Waals surface area contributed by atoms with Gasteiger partial charge in [-0.1, -0.05) is 5.16 Å². The topological polar surface area (TPSA) is 116 Å². The van der Waals surface area contributed by atoms with E-state index in [1.54, 1.807) is 0 Å². The molecule has 1 aromatic carbocycles. The van der Waals surface area contributed by atoms with Crippen LogP contribution >= 0.6 is 15.9 Å². The average Bonchev–Trinajstić information content (AvgIpc) is 2.87. The maximum absolute atomic E-state index is 12.8. The molecule has 24 heavy (non-hydrogen) atoms. The molecule has 1 N–H and O–H groups in total. The number of fused-ring (bicyclic) bond motifs is 2. The molecule has 0 saturated carbocycles. The van der Waals surface area contributed by atoms with Crippen molar-refractivity contribution >= 4 is 45.1 Å². The molecule has 122 valence electrons. The molecule has 0 saturated heterocycles. The summed E-state index contributed by atoms with van der Waals surface area (Å²) in [5.74, 6) is -2.65. The van der Waals surface area contributed by atoms with Crippen molar-refractivity contribution in [3.8, 4) is 5.75 Å². The Morgan fingerprint density at radius 2 is 1.83 bits per heavy atom. The molecule has 0 bridgehead atoms. The normalized spacial score (nSPS) is 12.5. The predicted molar refractivity (Wildman–Crippen MR) is 83.1 cm³/mol. The molecule has 1 aliphatic rings. The lowest BCUT2D eigenvalue weighted by atomic mass is 9.86. The van der Waals surface area contributed by atoms with Crippen LogP contribution in [0, 0.1) is 0 Å². The second kappa shape index (κ2) is 5.68. The van der Waals surface area contributed by atoms with E-state index in [0.29, 0.717) is 0 Å². The quantitative estimate of drug-likeness (QED) is 0.524. The number of nitrogens with zero attached hydrogens (tertiary/aromatic N) is 1. The third-order valence-corrected chi connectivity index (χ3v) is 3.81. The zero-order chi connectivity index (χ0) is 17.6. The van der Waals surface area contributed by atoms with Crippen LogP contribution in [0.3, 0.4) is 0 Å². The molecule has 1 heterocycles. The van der Waals surface area contributed by atoms with Gasteiger partial charge in [0.1, 0.15) is 11.3 Å². The monoisotopic (exact) mass is 392 g/mol. The van der Waals surface area contributed by atoms with Crippen molar-refractivity contribution < 1.29 is 28.4 Å². The van der Waals surface area contributed by atoms with Crippen LogP contribution in [0.25, 0.3) is 0 Å². The highest BCUT2D eigenvalue weighted by Gasteiger charge is 2.40. The zero-order valence-corrected chi connectivity index (χ0v) is 14.0. The number of aromatic nitrogens is 1. The van der Waals surface area contributed by atoms with Crippen LogP contribution in [0.15, 0.2) is 21.3 Å². The predicted octanol–water partition coefficient (Wildman–Crippen LogP) is 2.10. The van der Waals surface area contributed by atoms with E-state index in [1.807, 2.05) is 0 Å². The number of benzene rings is 1. The lowest BCUT2D eigenvalue weighted by Gasteiger charge is -2.19. The van der Waals surface area contributed by atoms with E-state index in [1.165, 1.54) is 26.0 Å². The molecule has 1 aliphatic carbocycles. The molecule has 0 fully saturated rings. The summed E-state index contributed by atoms with van der Waals surface area (Å²) in [7, 11) is 0. The number of rotatable bonds is 2. The zero-order valence-electron chi connectivity index (χ0n) is 12.4. The van der Waals surface area contributed by atoms with Crippen molar-refractivity contribution in [2.45, 2.75) is 13.8 Å². The number of hydrogen-bond donors (Lipinski definition) is 1.